The minimum absolute atomic E-state index is 0.0776. The van der Waals surface area contributed by atoms with Gasteiger partial charge in [0.1, 0.15) is 24.7 Å². The van der Waals surface area contributed by atoms with Gasteiger partial charge in [0.2, 0.25) is 5.91 Å². The Balaban J connectivity index is 1.42. The number of halogens is 2. The van der Waals surface area contributed by atoms with E-state index in [1.807, 2.05) is 13.8 Å². The molecule has 0 aliphatic heterocycles. The maximum Gasteiger partial charge on any atom is 0.264 e. The molecule has 39 heavy (non-hydrogen) atoms. The molecule has 0 saturated carbocycles. The molecule has 0 radical (unpaired) electrons. The molecule has 4 aromatic carbocycles. The molecule has 0 fully saturated rings. The lowest BCUT2D eigenvalue weighted by Gasteiger charge is -2.24. The molecule has 0 bridgehead atoms. The van der Waals surface area contributed by atoms with Crippen molar-refractivity contribution >= 4 is 33.2 Å². The third kappa shape index (κ3) is 7.37. The van der Waals surface area contributed by atoms with Gasteiger partial charge < -0.3 is 10.1 Å². The standard InChI is InChI=1S/C30H28ClFN2O4S/c1-21-3-15-28(16-4-21)39(36,37)34(26-12-5-22(2)29(31)17-26)19-30(35)33-18-23-8-13-27(14-9-23)38-20-24-6-10-25(32)11-7-24/h3-17H,18-20H2,1-2H3,(H,33,35). The van der Waals surface area contributed by atoms with E-state index in [-0.39, 0.29) is 17.3 Å². The number of ether oxygens (including phenoxy) is 1. The number of hydrogen-bond acceptors (Lipinski definition) is 4. The van der Waals surface area contributed by atoms with Crippen LogP contribution in [0.15, 0.2) is 95.9 Å². The molecule has 0 aliphatic carbocycles. The Labute approximate surface area is 233 Å². The van der Waals surface area contributed by atoms with Gasteiger partial charge >= 0.3 is 0 Å². The minimum atomic E-state index is -4.04. The summed E-state index contributed by atoms with van der Waals surface area (Å²) in [5.74, 6) is -0.149. The van der Waals surface area contributed by atoms with E-state index in [4.69, 9.17) is 16.3 Å². The molecule has 0 heterocycles. The Morgan fingerprint density at radius 3 is 2.18 bits per heavy atom. The van der Waals surface area contributed by atoms with E-state index >= 15 is 0 Å². The van der Waals surface area contributed by atoms with Crippen molar-refractivity contribution in [2.75, 3.05) is 10.8 Å². The summed E-state index contributed by atoms with van der Waals surface area (Å²) in [6.07, 6.45) is 0. The predicted molar refractivity (Wildman–Crippen MR) is 151 cm³/mol. The van der Waals surface area contributed by atoms with Crippen LogP contribution in [0.2, 0.25) is 5.02 Å². The fraction of sp³-hybridized carbons (Fsp3) is 0.167. The summed E-state index contributed by atoms with van der Waals surface area (Å²) in [4.78, 5) is 13.0. The molecule has 0 atom stereocenters. The molecule has 0 saturated heterocycles. The van der Waals surface area contributed by atoms with Crippen LogP contribution in [0.25, 0.3) is 0 Å². The van der Waals surface area contributed by atoms with Crippen LogP contribution in [0.5, 0.6) is 5.75 Å². The Bertz CT molecular complexity index is 1540. The zero-order valence-electron chi connectivity index (χ0n) is 21.5. The maximum atomic E-state index is 13.5. The van der Waals surface area contributed by atoms with Gasteiger partial charge in [-0.15, -0.1) is 0 Å². The molecule has 4 aromatic rings. The lowest BCUT2D eigenvalue weighted by Crippen LogP contribution is -2.40. The number of aryl methyl sites for hydroxylation is 2. The normalized spacial score (nSPS) is 11.2. The van der Waals surface area contributed by atoms with Crippen LogP contribution in [-0.4, -0.2) is 20.9 Å². The highest BCUT2D eigenvalue weighted by atomic mass is 35.5. The second-order valence-electron chi connectivity index (χ2n) is 9.09. The van der Waals surface area contributed by atoms with Crippen molar-refractivity contribution in [3.8, 4) is 5.75 Å². The highest BCUT2D eigenvalue weighted by Gasteiger charge is 2.27. The first-order valence-corrected chi connectivity index (χ1v) is 14.0. The number of amides is 1. The van der Waals surface area contributed by atoms with E-state index in [1.165, 1.54) is 24.3 Å². The van der Waals surface area contributed by atoms with Gasteiger partial charge in [-0.05, 0) is 79.1 Å². The van der Waals surface area contributed by atoms with Crippen molar-refractivity contribution in [1.29, 1.82) is 0 Å². The molecular formula is C30H28ClFN2O4S. The number of sulfonamides is 1. The summed E-state index contributed by atoms with van der Waals surface area (Å²) in [5.41, 5.74) is 3.66. The van der Waals surface area contributed by atoms with Crippen molar-refractivity contribution in [2.24, 2.45) is 0 Å². The lowest BCUT2D eigenvalue weighted by atomic mass is 10.2. The molecule has 0 aromatic heterocycles. The van der Waals surface area contributed by atoms with Gasteiger partial charge in [-0.1, -0.05) is 59.6 Å². The summed E-state index contributed by atoms with van der Waals surface area (Å²) in [6, 6.07) is 24.6. The number of nitrogens with zero attached hydrogens (tertiary/aromatic N) is 1. The van der Waals surface area contributed by atoms with Crippen molar-refractivity contribution in [3.05, 3.63) is 124 Å². The lowest BCUT2D eigenvalue weighted by molar-refractivity contribution is -0.119. The van der Waals surface area contributed by atoms with Crippen LogP contribution in [0.4, 0.5) is 10.1 Å². The molecule has 1 N–H and O–H groups in total. The van der Waals surface area contributed by atoms with Gasteiger partial charge in [0.05, 0.1) is 10.6 Å². The maximum absolute atomic E-state index is 13.5. The van der Waals surface area contributed by atoms with Crippen molar-refractivity contribution in [2.45, 2.75) is 31.9 Å². The number of anilines is 1. The molecule has 6 nitrogen and oxygen atoms in total. The van der Waals surface area contributed by atoms with Gasteiger partial charge in [0, 0.05) is 11.6 Å². The van der Waals surface area contributed by atoms with Gasteiger partial charge in [-0.25, -0.2) is 12.8 Å². The molecule has 1 amide bonds. The first-order chi connectivity index (χ1) is 18.6. The summed E-state index contributed by atoms with van der Waals surface area (Å²) in [5, 5.41) is 3.19. The Morgan fingerprint density at radius 2 is 1.54 bits per heavy atom. The zero-order valence-corrected chi connectivity index (χ0v) is 23.1. The second-order valence-corrected chi connectivity index (χ2v) is 11.4. The average molecular weight is 567 g/mol. The summed E-state index contributed by atoms with van der Waals surface area (Å²) in [6.45, 7) is 3.76. The van der Waals surface area contributed by atoms with Crippen molar-refractivity contribution < 1.29 is 22.3 Å². The summed E-state index contributed by atoms with van der Waals surface area (Å²) in [7, 11) is -4.04. The third-order valence-electron chi connectivity index (χ3n) is 6.07. The zero-order chi connectivity index (χ0) is 28.0. The fourth-order valence-corrected chi connectivity index (χ4v) is 5.31. The molecule has 0 spiro atoms. The van der Waals surface area contributed by atoms with Crippen LogP contribution in [0, 0.1) is 19.7 Å². The smallest absolute Gasteiger partial charge is 0.264 e. The van der Waals surface area contributed by atoms with E-state index in [9.17, 15) is 17.6 Å². The van der Waals surface area contributed by atoms with E-state index in [0.717, 1.165) is 26.6 Å². The van der Waals surface area contributed by atoms with E-state index in [0.29, 0.717) is 23.1 Å². The van der Waals surface area contributed by atoms with Gasteiger partial charge in [0.15, 0.2) is 0 Å². The molecule has 202 valence electrons. The van der Waals surface area contributed by atoms with E-state index in [2.05, 4.69) is 5.32 Å². The van der Waals surface area contributed by atoms with E-state index in [1.54, 1.807) is 66.7 Å². The summed E-state index contributed by atoms with van der Waals surface area (Å²) < 4.78 is 46.9. The quantitative estimate of drug-likeness (QED) is 0.248. The molecule has 0 aliphatic rings. The van der Waals surface area contributed by atoms with Crippen molar-refractivity contribution in [3.63, 3.8) is 0 Å². The van der Waals surface area contributed by atoms with Crippen LogP contribution in [-0.2, 0) is 28.0 Å². The Morgan fingerprint density at radius 1 is 0.897 bits per heavy atom. The average Bonchev–Trinajstić information content (AvgIpc) is 2.92. The van der Waals surface area contributed by atoms with Crippen molar-refractivity contribution in [1.82, 2.24) is 5.32 Å². The van der Waals surface area contributed by atoms with Crippen LogP contribution < -0.4 is 14.4 Å². The third-order valence-corrected chi connectivity index (χ3v) is 8.27. The SMILES string of the molecule is Cc1ccc(S(=O)(=O)N(CC(=O)NCc2ccc(OCc3ccc(F)cc3)cc2)c2ccc(C)c(Cl)c2)cc1. The minimum Gasteiger partial charge on any atom is -0.489 e. The number of benzene rings is 4. The predicted octanol–water partition coefficient (Wildman–Crippen LogP) is 6.19. The highest BCUT2D eigenvalue weighted by molar-refractivity contribution is 7.92. The number of hydrogen-bond donors (Lipinski definition) is 1. The number of carbonyl (C=O) groups is 1. The highest BCUT2D eigenvalue weighted by Crippen LogP contribution is 2.28. The Hall–Kier alpha value is -3.88. The monoisotopic (exact) mass is 566 g/mol. The van der Waals surface area contributed by atoms with Crippen LogP contribution >= 0.6 is 11.6 Å². The van der Waals surface area contributed by atoms with Gasteiger partial charge in [0.25, 0.3) is 10.0 Å². The van der Waals surface area contributed by atoms with Crippen LogP contribution in [0.3, 0.4) is 0 Å². The number of carbonyl (C=O) groups excluding carboxylic acids is 1. The fourth-order valence-electron chi connectivity index (χ4n) is 3.73. The topological polar surface area (TPSA) is 75.7 Å². The van der Waals surface area contributed by atoms with E-state index < -0.39 is 22.5 Å². The molecule has 4 rings (SSSR count). The first kappa shape index (κ1) is 28.1. The first-order valence-electron chi connectivity index (χ1n) is 12.2. The Kier molecular flexibility index (Phi) is 8.89. The largest absolute Gasteiger partial charge is 0.489 e. The van der Waals surface area contributed by atoms with Gasteiger partial charge in [-0.2, -0.15) is 0 Å². The molecule has 0 unspecified atom stereocenters. The number of nitrogens with one attached hydrogen (secondary N) is 1. The van der Waals surface area contributed by atoms with Gasteiger partial charge in [-0.3, -0.25) is 9.10 Å². The molecular weight excluding hydrogens is 539 g/mol. The second kappa shape index (κ2) is 12.3. The number of rotatable bonds is 10. The van der Waals surface area contributed by atoms with Crippen LogP contribution in [0.1, 0.15) is 22.3 Å². The molecule has 9 heteroatoms. The summed E-state index contributed by atoms with van der Waals surface area (Å²) >= 11 is 6.28.